The second-order valence-corrected chi connectivity index (χ2v) is 7.47. The van der Waals surface area contributed by atoms with Gasteiger partial charge in [0.15, 0.2) is 23.0 Å². The highest BCUT2D eigenvalue weighted by Crippen LogP contribution is 2.50. The predicted molar refractivity (Wildman–Crippen MR) is 105 cm³/mol. The maximum atomic E-state index is 12.3. The van der Waals surface area contributed by atoms with E-state index >= 15 is 0 Å². The number of aliphatic hydroxyl groups is 1. The van der Waals surface area contributed by atoms with E-state index in [-0.39, 0.29) is 38.6 Å². The van der Waals surface area contributed by atoms with Crippen molar-refractivity contribution in [2.75, 3.05) is 41.0 Å². The summed E-state index contributed by atoms with van der Waals surface area (Å²) in [6.45, 7) is 0.0511. The first-order valence-corrected chi connectivity index (χ1v) is 9.87. The lowest BCUT2D eigenvalue weighted by atomic mass is 9.75. The molecular formula is C22H22O9. The van der Waals surface area contributed by atoms with Gasteiger partial charge >= 0.3 is 5.97 Å². The van der Waals surface area contributed by atoms with Crippen molar-refractivity contribution in [1.29, 1.82) is 0 Å². The smallest absolute Gasteiger partial charge is 0.311 e. The first-order valence-electron chi connectivity index (χ1n) is 9.87. The number of esters is 1. The number of cyclic esters (lactones) is 1. The maximum absolute atomic E-state index is 12.3. The number of methoxy groups -OCH3 is 2. The van der Waals surface area contributed by atoms with Crippen LogP contribution >= 0.6 is 0 Å². The second-order valence-electron chi connectivity index (χ2n) is 7.47. The van der Waals surface area contributed by atoms with Crippen LogP contribution in [0.25, 0.3) is 0 Å². The van der Waals surface area contributed by atoms with E-state index in [0.29, 0.717) is 34.5 Å². The van der Waals surface area contributed by atoms with Crippen molar-refractivity contribution in [3.63, 3.8) is 0 Å². The SMILES string of the molecule is COc1cc(C(c2cc(OC)c3c(c2)OCO3)[C@@H]2COC(=O)[C@@H]2CO)cc2c1OCO2. The van der Waals surface area contributed by atoms with E-state index in [1.54, 1.807) is 14.2 Å². The van der Waals surface area contributed by atoms with Crippen LogP contribution in [0.4, 0.5) is 0 Å². The Bertz CT molecular complexity index is 953. The van der Waals surface area contributed by atoms with Crippen molar-refractivity contribution in [1.82, 2.24) is 0 Å². The van der Waals surface area contributed by atoms with E-state index < -0.39 is 11.9 Å². The molecule has 1 fully saturated rings. The van der Waals surface area contributed by atoms with Crippen LogP contribution in [-0.2, 0) is 9.53 Å². The highest BCUT2D eigenvalue weighted by Gasteiger charge is 2.43. The molecule has 0 unspecified atom stereocenters. The van der Waals surface area contributed by atoms with Crippen LogP contribution in [0.5, 0.6) is 34.5 Å². The molecule has 1 N–H and O–H groups in total. The molecule has 31 heavy (non-hydrogen) atoms. The Kier molecular flexibility index (Phi) is 4.90. The number of rotatable bonds is 6. The molecule has 1 saturated heterocycles. The molecule has 9 nitrogen and oxygen atoms in total. The number of hydrogen-bond donors (Lipinski definition) is 1. The summed E-state index contributed by atoms with van der Waals surface area (Å²) in [6.07, 6.45) is 0. The molecule has 0 amide bonds. The molecule has 5 rings (SSSR count). The van der Waals surface area contributed by atoms with Gasteiger partial charge in [-0.15, -0.1) is 0 Å². The number of benzene rings is 2. The van der Waals surface area contributed by atoms with E-state index in [2.05, 4.69) is 0 Å². The molecule has 164 valence electrons. The number of carbonyl (C=O) groups excluding carboxylic acids is 1. The summed E-state index contributed by atoms with van der Waals surface area (Å²) in [7, 11) is 3.11. The lowest BCUT2D eigenvalue weighted by molar-refractivity contribution is -0.142. The fourth-order valence-corrected chi connectivity index (χ4v) is 4.46. The third kappa shape index (κ3) is 3.16. The first kappa shape index (κ1) is 19.6. The molecule has 3 aliphatic heterocycles. The van der Waals surface area contributed by atoms with Crippen LogP contribution in [0.15, 0.2) is 24.3 Å². The van der Waals surface area contributed by atoms with Gasteiger partial charge in [0.1, 0.15) is 0 Å². The van der Waals surface area contributed by atoms with Gasteiger partial charge in [0.05, 0.1) is 33.4 Å². The summed E-state index contributed by atoms with van der Waals surface area (Å²) < 4.78 is 38.6. The zero-order valence-corrected chi connectivity index (χ0v) is 17.1. The molecule has 3 heterocycles. The van der Waals surface area contributed by atoms with Gasteiger partial charge in [0.2, 0.25) is 25.1 Å². The maximum Gasteiger partial charge on any atom is 0.311 e. The Hall–Kier alpha value is -3.33. The normalized spacial score (nSPS) is 20.8. The molecule has 0 radical (unpaired) electrons. The molecule has 0 aliphatic carbocycles. The third-order valence-corrected chi connectivity index (χ3v) is 5.94. The number of hydrogen-bond acceptors (Lipinski definition) is 9. The van der Waals surface area contributed by atoms with Crippen LogP contribution in [-0.4, -0.2) is 52.1 Å². The fourth-order valence-electron chi connectivity index (χ4n) is 4.46. The molecule has 2 atom stereocenters. The molecular weight excluding hydrogens is 408 g/mol. The second kappa shape index (κ2) is 7.73. The standard InChI is InChI=1S/C22H22O9/c1-25-15-3-11(5-17-20(15)30-9-28-17)19(14-8-27-22(24)13(14)7-23)12-4-16(26-2)21-18(6-12)29-10-31-21/h3-6,13-14,19,23H,7-10H2,1-2H3/t13-,14-/m1/s1. The minimum atomic E-state index is -0.669. The van der Waals surface area contributed by atoms with Gasteiger partial charge in [-0.3, -0.25) is 4.79 Å². The molecule has 2 aromatic rings. The van der Waals surface area contributed by atoms with E-state index in [0.717, 1.165) is 11.1 Å². The Labute approximate surface area is 178 Å². The van der Waals surface area contributed by atoms with Gasteiger partial charge in [-0.05, 0) is 35.4 Å². The molecule has 9 heteroatoms. The minimum Gasteiger partial charge on any atom is -0.493 e. The molecule has 3 aliphatic rings. The molecule has 0 saturated carbocycles. The highest BCUT2D eigenvalue weighted by molar-refractivity contribution is 5.75. The van der Waals surface area contributed by atoms with Gasteiger partial charge in [-0.25, -0.2) is 0 Å². The van der Waals surface area contributed by atoms with E-state index in [1.165, 1.54) is 0 Å². The molecule has 0 aromatic heterocycles. The topological polar surface area (TPSA) is 102 Å². The van der Waals surface area contributed by atoms with Crippen molar-refractivity contribution < 1.29 is 43.1 Å². The highest BCUT2D eigenvalue weighted by atomic mass is 16.7. The predicted octanol–water partition coefficient (Wildman–Crippen LogP) is 2.07. The van der Waals surface area contributed by atoms with Crippen molar-refractivity contribution in [2.45, 2.75) is 5.92 Å². The van der Waals surface area contributed by atoms with E-state index in [9.17, 15) is 9.90 Å². The van der Waals surface area contributed by atoms with Crippen molar-refractivity contribution in [3.8, 4) is 34.5 Å². The Morgan fingerprint density at radius 2 is 1.45 bits per heavy atom. The van der Waals surface area contributed by atoms with Crippen molar-refractivity contribution >= 4 is 5.97 Å². The number of ether oxygens (including phenoxy) is 7. The lowest BCUT2D eigenvalue weighted by Gasteiger charge is -2.27. The molecule has 0 spiro atoms. The van der Waals surface area contributed by atoms with Gasteiger partial charge < -0.3 is 38.3 Å². The first-order chi connectivity index (χ1) is 15.1. The summed E-state index contributed by atoms with van der Waals surface area (Å²) in [5.74, 6) is 1.45. The number of aliphatic hydroxyl groups excluding tert-OH is 1. The third-order valence-electron chi connectivity index (χ3n) is 5.94. The average Bonchev–Trinajstić information content (AvgIpc) is 3.52. The Morgan fingerprint density at radius 3 is 1.94 bits per heavy atom. The van der Waals surface area contributed by atoms with Gasteiger partial charge in [0.25, 0.3) is 0 Å². The van der Waals surface area contributed by atoms with Gasteiger partial charge in [0, 0.05) is 11.8 Å². The lowest BCUT2D eigenvalue weighted by Crippen LogP contribution is -2.26. The van der Waals surface area contributed by atoms with E-state index in [4.69, 9.17) is 33.2 Å². The Morgan fingerprint density at radius 1 is 0.903 bits per heavy atom. The van der Waals surface area contributed by atoms with Crippen LogP contribution in [0, 0.1) is 11.8 Å². The summed E-state index contributed by atoms with van der Waals surface area (Å²) >= 11 is 0. The fraction of sp³-hybridized carbons (Fsp3) is 0.409. The van der Waals surface area contributed by atoms with Crippen molar-refractivity contribution in [3.05, 3.63) is 35.4 Å². The summed E-state index contributed by atoms with van der Waals surface area (Å²) in [5.41, 5.74) is 1.65. The van der Waals surface area contributed by atoms with Crippen LogP contribution in [0.1, 0.15) is 17.0 Å². The average molecular weight is 430 g/mol. The van der Waals surface area contributed by atoms with Gasteiger partial charge in [-0.1, -0.05) is 0 Å². The van der Waals surface area contributed by atoms with Crippen LogP contribution < -0.4 is 28.4 Å². The molecule has 2 aromatic carbocycles. The summed E-state index contributed by atoms with van der Waals surface area (Å²) in [5, 5.41) is 9.92. The van der Waals surface area contributed by atoms with Crippen LogP contribution in [0.2, 0.25) is 0 Å². The van der Waals surface area contributed by atoms with Crippen LogP contribution in [0.3, 0.4) is 0 Å². The zero-order chi connectivity index (χ0) is 21.5. The zero-order valence-electron chi connectivity index (χ0n) is 17.1. The Balaban J connectivity index is 1.68. The minimum absolute atomic E-state index is 0.0992. The summed E-state index contributed by atoms with van der Waals surface area (Å²) in [6, 6.07) is 7.44. The quantitative estimate of drug-likeness (QED) is 0.690. The number of fused-ring (bicyclic) bond motifs is 2. The molecule has 0 bridgehead atoms. The largest absolute Gasteiger partial charge is 0.493 e. The van der Waals surface area contributed by atoms with Crippen molar-refractivity contribution in [2.24, 2.45) is 11.8 Å². The number of carbonyl (C=O) groups is 1. The van der Waals surface area contributed by atoms with Gasteiger partial charge in [-0.2, -0.15) is 0 Å². The monoisotopic (exact) mass is 430 g/mol. The van der Waals surface area contributed by atoms with E-state index in [1.807, 2.05) is 24.3 Å². The summed E-state index contributed by atoms with van der Waals surface area (Å²) in [4.78, 5) is 12.3.